The van der Waals surface area contributed by atoms with Crippen LogP contribution in [0.2, 0.25) is 0 Å². The number of anilines is 1. The monoisotopic (exact) mass is 428 g/mol. The second kappa shape index (κ2) is 8.35. The van der Waals surface area contributed by atoms with E-state index in [9.17, 15) is 13.2 Å². The number of rotatable bonds is 4. The minimum atomic E-state index is -3.57. The van der Waals surface area contributed by atoms with Crippen LogP contribution >= 0.6 is 0 Å². The van der Waals surface area contributed by atoms with Gasteiger partial charge in [-0.25, -0.2) is 8.42 Å². The molecule has 4 rings (SSSR count). The number of hydrogen-bond donors (Lipinski definition) is 0. The number of aromatic nitrogens is 1. The van der Waals surface area contributed by atoms with Crippen LogP contribution in [0.25, 0.3) is 0 Å². The summed E-state index contributed by atoms with van der Waals surface area (Å²) in [6.07, 6.45) is 4.02. The van der Waals surface area contributed by atoms with Gasteiger partial charge in [0, 0.05) is 51.2 Å². The smallest absolute Gasteiger partial charge is 0.272 e. The lowest BCUT2D eigenvalue weighted by Crippen LogP contribution is -2.50. The van der Waals surface area contributed by atoms with Gasteiger partial charge in [-0.2, -0.15) is 4.31 Å². The molecule has 7 nitrogen and oxygen atoms in total. The van der Waals surface area contributed by atoms with E-state index in [-0.39, 0.29) is 19.0 Å². The summed E-state index contributed by atoms with van der Waals surface area (Å²) in [6, 6.07) is 9.26. The Bertz CT molecular complexity index is 1040. The first-order chi connectivity index (χ1) is 14.4. The van der Waals surface area contributed by atoms with Crippen molar-refractivity contribution in [3.05, 3.63) is 53.3 Å². The second-order valence-electron chi connectivity index (χ2n) is 8.06. The van der Waals surface area contributed by atoms with Gasteiger partial charge in [-0.05, 0) is 56.0 Å². The van der Waals surface area contributed by atoms with Crippen LogP contribution in [-0.4, -0.2) is 67.8 Å². The Labute approximate surface area is 178 Å². The maximum absolute atomic E-state index is 13.1. The maximum atomic E-state index is 13.1. The largest absolute Gasteiger partial charge is 0.371 e. The zero-order valence-corrected chi connectivity index (χ0v) is 18.4. The van der Waals surface area contributed by atoms with Crippen molar-refractivity contribution in [1.29, 1.82) is 0 Å². The molecule has 160 valence electrons. The molecule has 1 aromatic carbocycles. The molecule has 2 fully saturated rings. The number of carbonyl (C=O) groups is 1. The Morgan fingerprint density at radius 3 is 2.33 bits per heavy atom. The summed E-state index contributed by atoms with van der Waals surface area (Å²) in [7, 11) is -3.57. The molecule has 0 saturated carbocycles. The molecule has 0 spiro atoms. The van der Waals surface area contributed by atoms with Crippen LogP contribution in [0.1, 0.15) is 34.5 Å². The minimum absolute atomic E-state index is 0.139. The Balaban J connectivity index is 1.45. The standard InChI is InChI=1S/C22H28N4O3S/c1-17-5-6-18(2)21(15-17)30(28,29)26-13-11-25(12-14-26)22(27)20-16-19(7-8-23-20)24-9-3-4-10-24/h5-8,15-16H,3-4,9-14H2,1-2H3. The summed E-state index contributed by atoms with van der Waals surface area (Å²) in [4.78, 5) is 21.6. The van der Waals surface area contributed by atoms with Crippen LogP contribution in [0.15, 0.2) is 41.4 Å². The minimum Gasteiger partial charge on any atom is -0.371 e. The van der Waals surface area contributed by atoms with Gasteiger partial charge in [0.1, 0.15) is 5.69 Å². The zero-order chi connectivity index (χ0) is 21.3. The predicted molar refractivity (Wildman–Crippen MR) is 116 cm³/mol. The molecule has 0 radical (unpaired) electrons. The van der Waals surface area contributed by atoms with Crippen molar-refractivity contribution in [1.82, 2.24) is 14.2 Å². The Morgan fingerprint density at radius 1 is 0.933 bits per heavy atom. The molecule has 2 saturated heterocycles. The van der Waals surface area contributed by atoms with E-state index in [1.807, 2.05) is 38.1 Å². The van der Waals surface area contributed by atoms with Crippen molar-refractivity contribution in [3.8, 4) is 0 Å². The third kappa shape index (κ3) is 4.06. The molecule has 2 aromatic rings. The maximum Gasteiger partial charge on any atom is 0.272 e. The molecule has 2 aliphatic heterocycles. The number of piperazine rings is 1. The third-order valence-corrected chi connectivity index (χ3v) is 7.96. The van der Waals surface area contributed by atoms with E-state index in [1.165, 1.54) is 17.1 Å². The Kier molecular flexibility index (Phi) is 5.79. The average molecular weight is 429 g/mol. The second-order valence-corrected chi connectivity index (χ2v) is 9.97. The molecule has 0 atom stereocenters. The fourth-order valence-electron chi connectivity index (χ4n) is 4.13. The molecule has 2 aliphatic rings. The number of sulfonamides is 1. The number of hydrogen-bond acceptors (Lipinski definition) is 5. The summed E-state index contributed by atoms with van der Waals surface area (Å²) in [6.45, 7) is 7.00. The van der Waals surface area contributed by atoms with Crippen LogP contribution in [0.5, 0.6) is 0 Å². The Hall–Kier alpha value is -2.45. The first kappa shape index (κ1) is 20.8. The molecule has 3 heterocycles. The van der Waals surface area contributed by atoms with E-state index in [0.29, 0.717) is 23.7 Å². The van der Waals surface area contributed by atoms with Gasteiger partial charge >= 0.3 is 0 Å². The van der Waals surface area contributed by atoms with E-state index >= 15 is 0 Å². The third-order valence-electron chi connectivity index (χ3n) is 5.92. The van der Waals surface area contributed by atoms with E-state index in [4.69, 9.17) is 0 Å². The molecular weight excluding hydrogens is 400 g/mol. The topological polar surface area (TPSA) is 73.8 Å². The Morgan fingerprint density at radius 2 is 1.63 bits per heavy atom. The number of pyridine rings is 1. The van der Waals surface area contributed by atoms with Crippen LogP contribution in [-0.2, 0) is 10.0 Å². The first-order valence-electron chi connectivity index (χ1n) is 10.4. The van der Waals surface area contributed by atoms with E-state index in [1.54, 1.807) is 17.2 Å². The first-order valence-corrected chi connectivity index (χ1v) is 11.9. The lowest BCUT2D eigenvalue weighted by Gasteiger charge is -2.34. The van der Waals surface area contributed by atoms with Gasteiger partial charge in [-0.3, -0.25) is 9.78 Å². The predicted octanol–water partition coefficient (Wildman–Crippen LogP) is 2.45. The van der Waals surface area contributed by atoms with Crippen LogP contribution in [0.3, 0.4) is 0 Å². The van der Waals surface area contributed by atoms with Crippen molar-refractivity contribution in [2.24, 2.45) is 0 Å². The van der Waals surface area contributed by atoms with Crippen molar-refractivity contribution >= 4 is 21.6 Å². The lowest BCUT2D eigenvalue weighted by molar-refractivity contribution is 0.0692. The van der Waals surface area contributed by atoms with E-state index in [2.05, 4.69) is 9.88 Å². The van der Waals surface area contributed by atoms with Gasteiger partial charge in [0.05, 0.1) is 4.90 Å². The summed E-state index contributed by atoms with van der Waals surface area (Å²) in [5.74, 6) is -0.139. The molecule has 1 amide bonds. The lowest BCUT2D eigenvalue weighted by atomic mass is 10.2. The molecular formula is C22H28N4O3S. The summed E-state index contributed by atoms with van der Waals surface area (Å²) in [5, 5.41) is 0. The number of nitrogens with zero attached hydrogens (tertiary/aromatic N) is 4. The van der Waals surface area contributed by atoms with Crippen molar-refractivity contribution in [2.45, 2.75) is 31.6 Å². The van der Waals surface area contributed by atoms with Gasteiger partial charge < -0.3 is 9.80 Å². The molecule has 0 unspecified atom stereocenters. The van der Waals surface area contributed by atoms with E-state index < -0.39 is 10.0 Å². The molecule has 0 aliphatic carbocycles. The van der Waals surface area contributed by atoms with Crippen LogP contribution in [0.4, 0.5) is 5.69 Å². The van der Waals surface area contributed by atoms with Crippen LogP contribution < -0.4 is 4.90 Å². The molecule has 0 bridgehead atoms. The highest BCUT2D eigenvalue weighted by molar-refractivity contribution is 7.89. The van der Waals surface area contributed by atoms with Crippen molar-refractivity contribution < 1.29 is 13.2 Å². The highest BCUT2D eigenvalue weighted by atomic mass is 32.2. The van der Waals surface area contributed by atoms with Gasteiger partial charge in [-0.1, -0.05) is 12.1 Å². The van der Waals surface area contributed by atoms with Gasteiger partial charge in [0.15, 0.2) is 0 Å². The van der Waals surface area contributed by atoms with Gasteiger partial charge in [0.2, 0.25) is 10.0 Å². The normalized spacial score (nSPS) is 18.1. The number of aryl methyl sites for hydroxylation is 2. The van der Waals surface area contributed by atoms with E-state index in [0.717, 1.165) is 29.9 Å². The molecule has 30 heavy (non-hydrogen) atoms. The van der Waals surface area contributed by atoms with Crippen LogP contribution in [0, 0.1) is 13.8 Å². The molecule has 8 heteroatoms. The SMILES string of the molecule is Cc1ccc(C)c(S(=O)(=O)N2CCN(C(=O)c3cc(N4CCCC4)ccn3)CC2)c1. The van der Waals surface area contributed by atoms with Crippen molar-refractivity contribution in [3.63, 3.8) is 0 Å². The molecule has 0 N–H and O–H groups in total. The number of amides is 1. The summed E-state index contributed by atoms with van der Waals surface area (Å²) < 4.78 is 27.7. The summed E-state index contributed by atoms with van der Waals surface area (Å²) in [5.41, 5.74) is 3.10. The number of benzene rings is 1. The van der Waals surface area contributed by atoms with Gasteiger partial charge in [-0.15, -0.1) is 0 Å². The summed E-state index contributed by atoms with van der Waals surface area (Å²) >= 11 is 0. The highest BCUT2D eigenvalue weighted by Gasteiger charge is 2.32. The quantitative estimate of drug-likeness (QED) is 0.748. The zero-order valence-electron chi connectivity index (χ0n) is 17.5. The highest BCUT2D eigenvalue weighted by Crippen LogP contribution is 2.24. The molecule has 1 aromatic heterocycles. The number of carbonyl (C=O) groups excluding carboxylic acids is 1. The fourth-order valence-corrected chi connectivity index (χ4v) is 5.86. The fraction of sp³-hybridized carbons (Fsp3) is 0.455. The average Bonchev–Trinajstić information content (AvgIpc) is 3.30. The van der Waals surface area contributed by atoms with Crippen molar-refractivity contribution in [2.75, 3.05) is 44.2 Å². The van der Waals surface area contributed by atoms with Gasteiger partial charge in [0.25, 0.3) is 5.91 Å².